The molecule has 0 fully saturated rings. The minimum absolute atomic E-state index is 0.609. The predicted octanol–water partition coefficient (Wildman–Crippen LogP) is 6.43. The normalized spacial score (nSPS) is 11.4. The number of fused-ring (bicyclic) bond motifs is 1. The Morgan fingerprint density at radius 2 is 1.58 bits per heavy atom. The molecule has 3 aromatic carbocycles. The van der Waals surface area contributed by atoms with Crippen molar-refractivity contribution in [2.75, 3.05) is 0 Å². The van der Waals surface area contributed by atoms with Crippen molar-refractivity contribution in [3.63, 3.8) is 0 Å². The lowest BCUT2D eigenvalue weighted by Crippen LogP contribution is -1.77. The van der Waals surface area contributed by atoms with Crippen LogP contribution in [0.5, 0.6) is 0 Å². The molecule has 4 rings (SSSR count). The average molecular weight is 376 g/mol. The molecule has 0 spiro atoms. The molecule has 0 amide bonds. The van der Waals surface area contributed by atoms with Crippen LogP contribution < -0.4 is 0 Å². The van der Waals surface area contributed by atoms with Crippen molar-refractivity contribution in [2.24, 2.45) is 0 Å². The molecule has 1 aromatic heterocycles. The largest absolute Gasteiger partial charge is 0.437 e. The second-order valence-corrected chi connectivity index (χ2v) is 6.40. The van der Waals surface area contributed by atoms with Gasteiger partial charge in [-0.3, -0.25) is 0 Å². The maximum atomic E-state index is 5.80. The van der Waals surface area contributed by atoms with Crippen LogP contribution in [-0.4, -0.2) is 4.98 Å². The highest BCUT2D eigenvalue weighted by Gasteiger charge is 2.05. The van der Waals surface area contributed by atoms with Gasteiger partial charge in [-0.05, 0) is 47.0 Å². The van der Waals surface area contributed by atoms with E-state index in [1.165, 1.54) is 5.56 Å². The fraction of sp³-hybridized carbons (Fsp3) is 0. The summed E-state index contributed by atoms with van der Waals surface area (Å²) in [7, 11) is 0. The molecule has 0 atom stereocenters. The van der Waals surface area contributed by atoms with Gasteiger partial charge in [-0.2, -0.15) is 0 Å². The fourth-order valence-electron chi connectivity index (χ4n) is 2.57. The van der Waals surface area contributed by atoms with Gasteiger partial charge in [-0.1, -0.05) is 64.5 Å². The third-order valence-electron chi connectivity index (χ3n) is 3.80. The summed E-state index contributed by atoms with van der Waals surface area (Å²) < 4.78 is 6.86. The quantitative estimate of drug-likeness (QED) is 0.412. The SMILES string of the molecule is Brc1ccc(/C=C/c2nc3cc(-c4ccccc4)ccc3o2)cc1. The first-order valence-electron chi connectivity index (χ1n) is 7.68. The van der Waals surface area contributed by atoms with E-state index in [0.29, 0.717) is 5.89 Å². The summed E-state index contributed by atoms with van der Waals surface area (Å²) in [5.41, 5.74) is 5.08. The number of benzene rings is 3. The zero-order chi connectivity index (χ0) is 16.4. The Balaban J connectivity index is 1.64. The van der Waals surface area contributed by atoms with Gasteiger partial charge in [-0.25, -0.2) is 4.98 Å². The molecule has 4 aromatic rings. The zero-order valence-electron chi connectivity index (χ0n) is 12.8. The molecular weight excluding hydrogens is 362 g/mol. The summed E-state index contributed by atoms with van der Waals surface area (Å²) in [6.07, 6.45) is 3.89. The van der Waals surface area contributed by atoms with Crippen LogP contribution in [0.3, 0.4) is 0 Å². The van der Waals surface area contributed by atoms with Crippen LogP contribution in [0.2, 0.25) is 0 Å². The number of aromatic nitrogens is 1. The molecule has 1 heterocycles. The Morgan fingerprint density at radius 3 is 2.38 bits per heavy atom. The molecule has 2 nitrogen and oxygen atoms in total. The Hall–Kier alpha value is -2.65. The Labute approximate surface area is 148 Å². The van der Waals surface area contributed by atoms with E-state index in [0.717, 1.165) is 26.7 Å². The van der Waals surface area contributed by atoms with E-state index in [9.17, 15) is 0 Å². The molecule has 3 heteroatoms. The number of rotatable bonds is 3. The Kier molecular flexibility index (Phi) is 4.01. The maximum Gasteiger partial charge on any atom is 0.220 e. The number of hydrogen-bond donors (Lipinski definition) is 0. The van der Waals surface area contributed by atoms with Crippen molar-refractivity contribution in [2.45, 2.75) is 0 Å². The van der Waals surface area contributed by atoms with Crippen LogP contribution in [-0.2, 0) is 0 Å². The van der Waals surface area contributed by atoms with Crippen molar-refractivity contribution in [3.05, 3.63) is 88.7 Å². The van der Waals surface area contributed by atoms with E-state index >= 15 is 0 Å². The third-order valence-corrected chi connectivity index (χ3v) is 4.33. The maximum absolute atomic E-state index is 5.80. The van der Waals surface area contributed by atoms with Crippen LogP contribution in [0.1, 0.15) is 11.5 Å². The molecule has 0 radical (unpaired) electrons. The Morgan fingerprint density at radius 1 is 0.792 bits per heavy atom. The van der Waals surface area contributed by atoms with Gasteiger partial charge in [0.05, 0.1) is 0 Å². The van der Waals surface area contributed by atoms with E-state index < -0.39 is 0 Å². The minimum Gasteiger partial charge on any atom is -0.437 e. The van der Waals surface area contributed by atoms with E-state index in [1.54, 1.807) is 0 Å². The second kappa shape index (κ2) is 6.46. The van der Waals surface area contributed by atoms with Crippen molar-refractivity contribution in [3.8, 4) is 11.1 Å². The minimum atomic E-state index is 0.609. The molecule has 0 bridgehead atoms. The highest BCUT2D eigenvalue weighted by molar-refractivity contribution is 9.10. The zero-order valence-corrected chi connectivity index (χ0v) is 14.4. The van der Waals surface area contributed by atoms with Crippen molar-refractivity contribution in [1.29, 1.82) is 0 Å². The van der Waals surface area contributed by atoms with E-state index in [4.69, 9.17) is 4.42 Å². The lowest BCUT2D eigenvalue weighted by molar-refractivity contribution is 0.590. The highest BCUT2D eigenvalue weighted by Crippen LogP contribution is 2.25. The number of halogens is 1. The topological polar surface area (TPSA) is 26.0 Å². The summed E-state index contributed by atoms with van der Waals surface area (Å²) in [4.78, 5) is 4.57. The summed E-state index contributed by atoms with van der Waals surface area (Å²) in [5, 5.41) is 0. The van der Waals surface area contributed by atoms with Gasteiger partial charge in [0.15, 0.2) is 5.58 Å². The molecule has 0 N–H and O–H groups in total. The van der Waals surface area contributed by atoms with Gasteiger partial charge in [0.2, 0.25) is 5.89 Å². The Bertz CT molecular complexity index is 1000. The van der Waals surface area contributed by atoms with Crippen LogP contribution in [0.25, 0.3) is 34.4 Å². The fourth-order valence-corrected chi connectivity index (χ4v) is 2.83. The van der Waals surface area contributed by atoms with E-state index in [2.05, 4.69) is 45.2 Å². The first kappa shape index (κ1) is 14.9. The van der Waals surface area contributed by atoms with Gasteiger partial charge in [0.1, 0.15) is 5.52 Å². The van der Waals surface area contributed by atoms with Crippen LogP contribution >= 0.6 is 15.9 Å². The van der Waals surface area contributed by atoms with Gasteiger partial charge < -0.3 is 4.42 Å². The smallest absolute Gasteiger partial charge is 0.220 e. The van der Waals surface area contributed by atoms with Crippen LogP contribution in [0, 0.1) is 0 Å². The van der Waals surface area contributed by atoms with E-state index in [-0.39, 0.29) is 0 Å². The van der Waals surface area contributed by atoms with Crippen molar-refractivity contribution >= 4 is 39.2 Å². The number of nitrogens with zero attached hydrogens (tertiary/aromatic N) is 1. The summed E-state index contributed by atoms with van der Waals surface area (Å²) in [5.74, 6) is 0.609. The summed E-state index contributed by atoms with van der Waals surface area (Å²) >= 11 is 3.44. The van der Waals surface area contributed by atoms with E-state index in [1.807, 2.05) is 60.7 Å². The molecule has 0 aliphatic rings. The standard InChI is InChI=1S/C21H14BrNO/c22-18-10-6-15(7-11-18)8-13-21-23-19-14-17(9-12-20(19)24-21)16-4-2-1-3-5-16/h1-14H/b13-8+. The number of oxazole rings is 1. The molecule has 0 unspecified atom stereocenters. The third kappa shape index (κ3) is 3.17. The number of hydrogen-bond acceptors (Lipinski definition) is 2. The predicted molar refractivity (Wildman–Crippen MR) is 103 cm³/mol. The molecule has 0 aliphatic heterocycles. The first-order valence-corrected chi connectivity index (χ1v) is 8.47. The van der Waals surface area contributed by atoms with Gasteiger partial charge >= 0.3 is 0 Å². The summed E-state index contributed by atoms with van der Waals surface area (Å²) in [6, 6.07) is 24.5. The monoisotopic (exact) mass is 375 g/mol. The molecule has 0 aliphatic carbocycles. The molecule has 24 heavy (non-hydrogen) atoms. The lowest BCUT2D eigenvalue weighted by atomic mass is 10.1. The first-order chi connectivity index (χ1) is 11.8. The molecule has 0 saturated carbocycles. The molecular formula is C21H14BrNO. The van der Waals surface area contributed by atoms with Crippen LogP contribution in [0.15, 0.2) is 81.7 Å². The molecule has 0 saturated heterocycles. The molecule has 116 valence electrons. The van der Waals surface area contributed by atoms with Gasteiger partial charge in [0, 0.05) is 10.5 Å². The lowest BCUT2D eigenvalue weighted by Gasteiger charge is -1.99. The highest BCUT2D eigenvalue weighted by atomic mass is 79.9. The second-order valence-electron chi connectivity index (χ2n) is 5.49. The van der Waals surface area contributed by atoms with Crippen molar-refractivity contribution in [1.82, 2.24) is 4.98 Å². The average Bonchev–Trinajstić information content (AvgIpc) is 3.04. The summed E-state index contributed by atoms with van der Waals surface area (Å²) in [6.45, 7) is 0. The van der Waals surface area contributed by atoms with Crippen molar-refractivity contribution < 1.29 is 4.42 Å². The van der Waals surface area contributed by atoms with Gasteiger partial charge in [0.25, 0.3) is 0 Å². The van der Waals surface area contributed by atoms with Gasteiger partial charge in [-0.15, -0.1) is 0 Å². The van der Waals surface area contributed by atoms with Crippen LogP contribution in [0.4, 0.5) is 0 Å².